The van der Waals surface area contributed by atoms with E-state index in [2.05, 4.69) is 19.9 Å². The Morgan fingerprint density at radius 3 is 2.50 bits per heavy atom. The molecule has 0 amide bonds. The summed E-state index contributed by atoms with van der Waals surface area (Å²) in [4.78, 5) is 11.6. The van der Waals surface area contributed by atoms with Crippen LogP contribution in [0.3, 0.4) is 0 Å². The quantitative estimate of drug-likeness (QED) is 0.805. The fraction of sp³-hybridized carbons (Fsp3) is 0.476. The van der Waals surface area contributed by atoms with Gasteiger partial charge in [0.05, 0.1) is 13.0 Å². The van der Waals surface area contributed by atoms with Crippen molar-refractivity contribution in [1.82, 2.24) is 0 Å². The Kier molecular flexibility index (Phi) is 6.26. The highest BCUT2D eigenvalue weighted by molar-refractivity contribution is 5.74. The molecule has 0 saturated carbocycles. The van der Waals surface area contributed by atoms with Gasteiger partial charge < -0.3 is 19.3 Å². The van der Waals surface area contributed by atoms with E-state index in [0.717, 1.165) is 23.1 Å². The average molecular weight is 360 g/mol. The van der Waals surface area contributed by atoms with Gasteiger partial charge in [0.1, 0.15) is 11.4 Å². The van der Waals surface area contributed by atoms with Crippen LogP contribution in [0.4, 0.5) is 0 Å². The minimum absolute atomic E-state index is 0.519. The highest BCUT2D eigenvalue weighted by Gasteiger charge is 2.47. The van der Waals surface area contributed by atoms with Gasteiger partial charge in [-0.3, -0.25) is 4.79 Å². The molecule has 26 heavy (non-hydrogen) atoms. The molecule has 5 heteroatoms. The third kappa shape index (κ3) is 3.29. The lowest BCUT2D eigenvalue weighted by atomic mass is 9.76. The minimum atomic E-state index is -0.967. The zero-order chi connectivity index (χ0) is 19.5. The first kappa shape index (κ1) is 20.2. The Hall–Kier alpha value is -2.11. The fourth-order valence-corrected chi connectivity index (χ4v) is 3.70. The molecule has 0 radical (unpaired) electrons. The third-order valence-electron chi connectivity index (χ3n) is 5.20. The number of carbonyl (C=O) groups is 1. The normalized spacial score (nSPS) is 23.8. The number of carboxylic acid groups (broad SMARTS) is 1. The molecule has 3 unspecified atom stereocenters. The van der Waals surface area contributed by atoms with Crippen LogP contribution in [0, 0.1) is 12.8 Å². The first-order valence-corrected chi connectivity index (χ1v) is 8.74. The van der Waals surface area contributed by atoms with Crippen molar-refractivity contribution < 1.29 is 24.1 Å². The lowest BCUT2D eigenvalue weighted by Gasteiger charge is -2.42. The molecule has 1 aromatic carbocycles. The molecule has 0 spiro atoms. The molecule has 142 valence electrons. The molecule has 2 rings (SSSR count). The number of carboxylic acids is 1. The van der Waals surface area contributed by atoms with Crippen LogP contribution in [0.15, 0.2) is 41.7 Å². The van der Waals surface area contributed by atoms with E-state index in [1.807, 2.05) is 18.2 Å². The van der Waals surface area contributed by atoms with E-state index >= 15 is 0 Å². The van der Waals surface area contributed by atoms with E-state index < -0.39 is 23.6 Å². The van der Waals surface area contributed by atoms with Crippen LogP contribution in [0.5, 0.6) is 0 Å². The number of methoxy groups -OCH3 is 3. The summed E-state index contributed by atoms with van der Waals surface area (Å²) >= 11 is 0. The second-order valence-corrected chi connectivity index (χ2v) is 6.52. The zero-order valence-corrected chi connectivity index (χ0v) is 16.3. The standard InChI is InChI=1S/C21H28O5/c1-7-16-13(2)9-8-10-17(16)21(26-6)12-15(14(3)20(22)23)11-18(24-4)19(21)25-5/h8-12,14,19H,7H2,1-6H3,(H,22,23). The maximum absolute atomic E-state index is 11.6. The van der Waals surface area contributed by atoms with Gasteiger partial charge in [0.25, 0.3) is 0 Å². The highest BCUT2D eigenvalue weighted by atomic mass is 16.6. The first-order valence-electron chi connectivity index (χ1n) is 8.74. The van der Waals surface area contributed by atoms with Gasteiger partial charge in [0.2, 0.25) is 0 Å². The third-order valence-corrected chi connectivity index (χ3v) is 5.20. The number of rotatable bonds is 7. The number of aliphatic carboxylic acids is 1. The van der Waals surface area contributed by atoms with Crippen LogP contribution in [-0.4, -0.2) is 38.5 Å². The smallest absolute Gasteiger partial charge is 0.310 e. The van der Waals surface area contributed by atoms with Crippen molar-refractivity contribution >= 4 is 5.97 Å². The summed E-state index contributed by atoms with van der Waals surface area (Å²) in [6.45, 7) is 5.81. The van der Waals surface area contributed by atoms with Gasteiger partial charge in [-0.1, -0.05) is 25.1 Å². The van der Waals surface area contributed by atoms with Crippen molar-refractivity contribution in [1.29, 1.82) is 0 Å². The number of benzene rings is 1. The SMILES string of the molecule is CCc1c(C)cccc1C1(OC)C=C(C(C)C(=O)O)C=C(OC)C1OC. The molecule has 0 bridgehead atoms. The summed E-state index contributed by atoms with van der Waals surface area (Å²) in [6.07, 6.45) is 3.92. The number of aryl methyl sites for hydroxylation is 1. The summed E-state index contributed by atoms with van der Waals surface area (Å²) in [6, 6.07) is 6.06. The molecule has 1 aromatic rings. The van der Waals surface area contributed by atoms with Gasteiger partial charge in [-0.05, 0) is 54.7 Å². The van der Waals surface area contributed by atoms with Crippen LogP contribution < -0.4 is 0 Å². The van der Waals surface area contributed by atoms with E-state index in [1.54, 1.807) is 34.3 Å². The Morgan fingerprint density at radius 1 is 1.31 bits per heavy atom. The Labute approximate surface area is 155 Å². The molecule has 3 atom stereocenters. The Bertz CT molecular complexity index is 734. The summed E-state index contributed by atoms with van der Waals surface area (Å²) in [5.74, 6) is -1.05. The van der Waals surface area contributed by atoms with Crippen molar-refractivity contribution in [3.63, 3.8) is 0 Å². The van der Waals surface area contributed by atoms with Crippen LogP contribution >= 0.6 is 0 Å². The predicted octanol–water partition coefficient (Wildman–Crippen LogP) is 3.61. The largest absolute Gasteiger partial charge is 0.498 e. The molecular formula is C21H28O5. The molecule has 1 N–H and O–H groups in total. The second kappa shape index (κ2) is 8.06. The summed E-state index contributed by atoms with van der Waals surface area (Å²) in [7, 11) is 4.78. The lowest BCUT2D eigenvalue weighted by molar-refractivity contribution is -0.140. The molecular weight excluding hydrogens is 332 g/mol. The summed E-state index contributed by atoms with van der Waals surface area (Å²) < 4.78 is 17.4. The Morgan fingerprint density at radius 2 is 2.00 bits per heavy atom. The molecule has 1 aliphatic carbocycles. The van der Waals surface area contributed by atoms with Gasteiger partial charge in [-0.25, -0.2) is 0 Å². The maximum atomic E-state index is 11.6. The van der Waals surface area contributed by atoms with Crippen molar-refractivity contribution in [2.24, 2.45) is 5.92 Å². The maximum Gasteiger partial charge on any atom is 0.310 e. The molecule has 0 fully saturated rings. The highest BCUT2D eigenvalue weighted by Crippen LogP contribution is 2.43. The first-order chi connectivity index (χ1) is 12.4. The summed E-state index contributed by atoms with van der Waals surface area (Å²) in [5, 5.41) is 9.49. The number of hydrogen-bond donors (Lipinski definition) is 1. The molecule has 5 nitrogen and oxygen atoms in total. The predicted molar refractivity (Wildman–Crippen MR) is 100 cm³/mol. The monoisotopic (exact) mass is 360 g/mol. The molecule has 1 aliphatic rings. The van der Waals surface area contributed by atoms with Crippen LogP contribution in [0.1, 0.15) is 30.5 Å². The zero-order valence-electron chi connectivity index (χ0n) is 16.3. The van der Waals surface area contributed by atoms with E-state index in [4.69, 9.17) is 14.2 Å². The molecule has 0 heterocycles. The van der Waals surface area contributed by atoms with Crippen molar-refractivity contribution in [3.05, 3.63) is 58.4 Å². The Balaban J connectivity index is 2.79. The molecule has 0 aromatic heterocycles. The second-order valence-electron chi connectivity index (χ2n) is 6.52. The van der Waals surface area contributed by atoms with Crippen LogP contribution in [0.2, 0.25) is 0 Å². The molecule has 0 aliphatic heterocycles. The lowest BCUT2D eigenvalue weighted by Crippen LogP contribution is -2.46. The van der Waals surface area contributed by atoms with Gasteiger partial charge in [0, 0.05) is 14.2 Å². The van der Waals surface area contributed by atoms with Gasteiger partial charge in [0.15, 0.2) is 6.10 Å². The van der Waals surface area contributed by atoms with Gasteiger partial charge >= 0.3 is 5.97 Å². The van der Waals surface area contributed by atoms with E-state index in [9.17, 15) is 9.90 Å². The van der Waals surface area contributed by atoms with E-state index in [1.165, 1.54) is 0 Å². The molecule has 0 saturated heterocycles. The van der Waals surface area contributed by atoms with Gasteiger partial charge in [-0.2, -0.15) is 0 Å². The fourth-order valence-electron chi connectivity index (χ4n) is 3.70. The number of allylic oxidation sites excluding steroid dienone is 1. The topological polar surface area (TPSA) is 65.0 Å². The van der Waals surface area contributed by atoms with Crippen LogP contribution in [0.25, 0.3) is 0 Å². The average Bonchev–Trinajstić information content (AvgIpc) is 2.65. The van der Waals surface area contributed by atoms with E-state index in [-0.39, 0.29) is 0 Å². The van der Waals surface area contributed by atoms with Gasteiger partial charge in [-0.15, -0.1) is 0 Å². The van der Waals surface area contributed by atoms with Crippen LogP contribution in [-0.2, 0) is 31.0 Å². The minimum Gasteiger partial charge on any atom is -0.498 e. The number of hydrogen-bond acceptors (Lipinski definition) is 4. The van der Waals surface area contributed by atoms with E-state index in [0.29, 0.717) is 11.3 Å². The summed E-state index contributed by atoms with van der Waals surface area (Å²) in [5.41, 5.74) is 2.95. The van der Waals surface area contributed by atoms with Crippen molar-refractivity contribution in [2.45, 2.75) is 38.9 Å². The number of ether oxygens (including phenoxy) is 3. The van der Waals surface area contributed by atoms with Crippen molar-refractivity contribution in [2.75, 3.05) is 21.3 Å². The van der Waals surface area contributed by atoms with Crippen molar-refractivity contribution in [3.8, 4) is 0 Å².